The van der Waals surface area contributed by atoms with Crippen LogP contribution >= 0.6 is 11.3 Å². The number of benzene rings is 1. The van der Waals surface area contributed by atoms with Gasteiger partial charge in [0, 0.05) is 33.1 Å². The molecule has 1 N–H and O–H groups in total. The SMILES string of the molecule is CN=C(NCc1csc(N(C)C)n1)N1CCOC(c2cccc(C(F)(F)F)c2)C1. The van der Waals surface area contributed by atoms with Crippen molar-refractivity contribution in [1.82, 2.24) is 15.2 Å². The van der Waals surface area contributed by atoms with Crippen LogP contribution in [0.4, 0.5) is 18.3 Å². The normalized spacial score (nSPS) is 18.1. The van der Waals surface area contributed by atoms with Gasteiger partial charge in [-0.05, 0) is 17.7 Å². The zero-order valence-electron chi connectivity index (χ0n) is 16.5. The van der Waals surface area contributed by atoms with Gasteiger partial charge in [-0.2, -0.15) is 13.2 Å². The molecule has 1 aromatic heterocycles. The number of guanidine groups is 1. The quantitative estimate of drug-likeness (QED) is 0.599. The van der Waals surface area contributed by atoms with Crippen LogP contribution in [0.15, 0.2) is 34.6 Å². The van der Waals surface area contributed by atoms with Gasteiger partial charge in [0.25, 0.3) is 0 Å². The lowest BCUT2D eigenvalue weighted by atomic mass is 10.0. The van der Waals surface area contributed by atoms with Crippen molar-refractivity contribution >= 4 is 22.4 Å². The number of aromatic nitrogens is 1. The highest BCUT2D eigenvalue weighted by Crippen LogP contribution is 2.32. The molecule has 0 spiro atoms. The molecule has 158 valence electrons. The Labute approximate surface area is 172 Å². The Balaban J connectivity index is 1.65. The zero-order chi connectivity index (χ0) is 21.0. The highest BCUT2D eigenvalue weighted by molar-refractivity contribution is 7.13. The summed E-state index contributed by atoms with van der Waals surface area (Å²) in [5, 5.41) is 6.19. The molecular weight excluding hydrogens is 403 g/mol. The second-order valence-electron chi connectivity index (χ2n) is 6.85. The standard InChI is InChI=1S/C19H24F3N5OS/c1-23-17(24-10-15-12-29-18(25-15)26(2)3)27-7-8-28-16(11-27)13-5-4-6-14(9-13)19(20,21)22/h4-6,9,12,16H,7-8,10-11H2,1-3H3,(H,23,24). The minimum absolute atomic E-state index is 0.406. The van der Waals surface area contributed by atoms with Crippen molar-refractivity contribution in [3.05, 3.63) is 46.5 Å². The molecule has 0 amide bonds. The van der Waals surface area contributed by atoms with E-state index in [1.807, 2.05) is 29.3 Å². The van der Waals surface area contributed by atoms with Gasteiger partial charge in [-0.25, -0.2) is 4.98 Å². The maximum absolute atomic E-state index is 13.0. The van der Waals surface area contributed by atoms with Crippen molar-refractivity contribution in [1.29, 1.82) is 0 Å². The molecule has 3 rings (SSSR count). The molecule has 1 aliphatic heterocycles. The van der Waals surface area contributed by atoms with Gasteiger partial charge in [0.15, 0.2) is 11.1 Å². The lowest BCUT2D eigenvalue weighted by Crippen LogP contribution is -2.48. The van der Waals surface area contributed by atoms with E-state index in [1.165, 1.54) is 6.07 Å². The summed E-state index contributed by atoms with van der Waals surface area (Å²) in [6.45, 7) is 1.95. The Morgan fingerprint density at radius 3 is 2.86 bits per heavy atom. The summed E-state index contributed by atoms with van der Waals surface area (Å²) in [4.78, 5) is 12.8. The molecule has 6 nitrogen and oxygen atoms in total. The zero-order valence-corrected chi connectivity index (χ0v) is 17.3. The lowest BCUT2D eigenvalue weighted by molar-refractivity contribution is -0.137. The molecule has 1 aromatic carbocycles. The Morgan fingerprint density at radius 1 is 1.41 bits per heavy atom. The maximum atomic E-state index is 13.0. The molecule has 0 bridgehead atoms. The topological polar surface area (TPSA) is 53.0 Å². The van der Waals surface area contributed by atoms with E-state index in [0.29, 0.717) is 37.8 Å². The summed E-state index contributed by atoms with van der Waals surface area (Å²) in [6, 6.07) is 5.30. The fourth-order valence-electron chi connectivity index (χ4n) is 3.04. The second-order valence-corrected chi connectivity index (χ2v) is 7.68. The van der Waals surface area contributed by atoms with Crippen LogP contribution in [0, 0.1) is 0 Å². The molecule has 29 heavy (non-hydrogen) atoms. The van der Waals surface area contributed by atoms with E-state index >= 15 is 0 Å². The molecular formula is C19H24F3N5OS. The number of rotatable bonds is 4. The third-order valence-electron chi connectivity index (χ3n) is 4.51. The Hall–Kier alpha value is -2.33. The Bertz CT molecular complexity index is 852. The van der Waals surface area contributed by atoms with E-state index in [1.54, 1.807) is 24.5 Å². The monoisotopic (exact) mass is 427 g/mol. The van der Waals surface area contributed by atoms with Crippen molar-refractivity contribution < 1.29 is 17.9 Å². The molecule has 1 saturated heterocycles. The van der Waals surface area contributed by atoms with E-state index < -0.39 is 17.8 Å². The van der Waals surface area contributed by atoms with Gasteiger partial charge < -0.3 is 19.9 Å². The molecule has 10 heteroatoms. The number of hydrogen-bond acceptors (Lipinski definition) is 5. The number of aliphatic imine (C=N–C) groups is 1. The van der Waals surface area contributed by atoms with Gasteiger partial charge in [0.1, 0.15) is 6.10 Å². The summed E-state index contributed by atoms with van der Waals surface area (Å²) in [5.74, 6) is 0.671. The second kappa shape index (κ2) is 9.00. The van der Waals surface area contributed by atoms with Crippen LogP contribution in [-0.2, 0) is 17.5 Å². The maximum Gasteiger partial charge on any atom is 0.416 e. The molecule has 1 unspecified atom stereocenters. The number of anilines is 1. The third kappa shape index (κ3) is 5.39. The van der Waals surface area contributed by atoms with Crippen molar-refractivity contribution in [3.8, 4) is 0 Å². The van der Waals surface area contributed by atoms with Crippen molar-refractivity contribution in [2.45, 2.75) is 18.8 Å². The van der Waals surface area contributed by atoms with Gasteiger partial charge in [-0.15, -0.1) is 11.3 Å². The average molecular weight is 427 g/mol. The summed E-state index contributed by atoms with van der Waals surface area (Å²) in [6.07, 6.45) is -4.83. The smallest absolute Gasteiger partial charge is 0.370 e. The number of hydrogen-bond donors (Lipinski definition) is 1. The molecule has 2 heterocycles. The summed E-state index contributed by atoms with van der Waals surface area (Å²) in [7, 11) is 5.57. The largest absolute Gasteiger partial charge is 0.416 e. The van der Waals surface area contributed by atoms with Crippen LogP contribution in [-0.4, -0.2) is 56.7 Å². The third-order valence-corrected chi connectivity index (χ3v) is 5.57. The molecule has 0 radical (unpaired) electrons. The first kappa shape index (κ1) is 21.4. The molecule has 0 saturated carbocycles. The highest BCUT2D eigenvalue weighted by Gasteiger charge is 2.32. The number of alkyl halides is 3. The highest BCUT2D eigenvalue weighted by atomic mass is 32.1. The molecule has 0 aliphatic carbocycles. The Kier molecular flexibility index (Phi) is 6.63. The van der Waals surface area contributed by atoms with Gasteiger partial charge in [-0.3, -0.25) is 4.99 Å². The van der Waals surface area contributed by atoms with Crippen molar-refractivity contribution in [2.24, 2.45) is 4.99 Å². The average Bonchev–Trinajstić information content (AvgIpc) is 3.18. The molecule has 1 atom stereocenters. The molecule has 1 fully saturated rings. The molecule has 1 aliphatic rings. The predicted molar refractivity (Wildman–Crippen MR) is 108 cm³/mol. The van der Waals surface area contributed by atoms with Gasteiger partial charge in [0.2, 0.25) is 0 Å². The van der Waals surface area contributed by atoms with Crippen LogP contribution in [0.1, 0.15) is 22.9 Å². The van der Waals surface area contributed by atoms with Crippen LogP contribution in [0.5, 0.6) is 0 Å². The molecule has 2 aromatic rings. The first-order valence-corrected chi connectivity index (χ1v) is 10.0. The number of thiazole rings is 1. The van der Waals surface area contributed by atoms with Crippen LogP contribution in [0.3, 0.4) is 0 Å². The first-order valence-electron chi connectivity index (χ1n) is 9.14. The minimum atomic E-state index is -4.37. The van der Waals surface area contributed by atoms with E-state index in [9.17, 15) is 13.2 Å². The van der Waals surface area contributed by atoms with E-state index in [4.69, 9.17) is 4.74 Å². The van der Waals surface area contributed by atoms with Crippen molar-refractivity contribution in [2.75, 3.05) is 45.7 Å². The minimum Gasteiger partial charge on any atom is -0.370 e. The van der Waals surface area contributed by atoms with E-state index in [0.717, 1.165) is 23.0 Å². The van der Waals surface area contributed by atoms with Crippen LogP contribution < -0.4 is 10.2 Å². The summed E-state index contributed by atoms with van der Waals surface area (Å²) >= 11 is 1.56. The lowest BCUT2D eigenvalue weighted by Gasteiger charge is -2.35. The number of halogens is 3. The Morgan fingerprint density at radius 2 is 2.21 bits per heavy atom. The number of morpholine rings is 1. The fraction of sp³-hybridized carbons (Fsp3) is 0.474. The number of ether oxygens (including phenoxy) is 1. The number of nitrogens with zero attached hydrogens (tertiary/aromatic N) is 4. The fourth-order valence-corrected chi connectivity index (χ4v) is 3.80. The van der Waals surface area contributed by atoms with Gasteiger partial charge >= 0.3 is 6.18 Å². The number of nitrogens with one attached hydrogen (secondary N) is 1. The van der Waals surface area contributed by atoms with E-state index in [2.05, 4.69) is 15.3 Å². The van der Waals surface area contributed by atoms with Gasteiger partial charge in [-0.1, -0.05) is 12.1 Å². The van der Waals surface area contributed by atoms with Crippen molar-refractivity contribution in [3.63, 3.8) is 0 Å². The van der Waals surface area contributed by atoms with E-state index in [-0.39, 0.29) is 0 Å². The predicted octanol–water partition coefficient (Wildman–Crippen LogP) is 3.38. The summed E-state index contributed by atoms with van der Waals surface area (Å²) in [5.41, 5.74) is 0.746. The van der Waals surface area contributed by atoms with Gasteiger partial charge in [0.05, 0.1) is 31.0 Å². The van der Waals surface area contributed by atoms with Crippen LogP contribution in [0.2, 0.25) is 0 Å². The first-order chi connectivity index (χ1) is 13.8. The summed E-state index contributed by atoms with van der Waals surface area (Å²) < 4.78 is 44.8. The van der Waals surface area contributed by atoms with Crippen LogP contribution in [0.25, 0.3) is 0 Å².